The molecule has 0 amide bonds. The first-order chi connectivity index (χ1) is 12.2. The maximum absolute atomic E-state index is 10.7. The summed E-state index contributed by atoms with van der Waals surface area (Å²) in [5.41, 5.74) is 2.54. The van der Waals surface area contributed by atoms with Gasteiger partial charge in [-0.3, -0.25) is 4.79 Å². The molecule has 0 fully saturated rings. The van der Waals surface area contributed by atoms with E-state index in [9.17, 15) is 4.79 Å². The molecule has 0 spiro atoms. The van der Waals surface area contributed by atoms with Gasteiger partial charge in [-0.05, 0) is 36.4 Å². The molecule has 0 N–H and O–H groups in total. The Bertz CT molecular complexity index is 820. The van der Waals surface area contributed by atoms with Crippen LogP contribution < -0.4 is 4.74 Å². The zero-order valence-corrected chi connectivity index (χ0v) is 14.4. The van der Waals surface area contributed by atoms with Gasteiger partial charge in [0, 0.05) is 23.5 Å². The lowest BCUT2D eigenvalue weighted by molar-refractivity contribution is 0.112. The van der Waals surface area contributed by atoms with Crippen LogP contribution in [0.1, 0.15) is 41.6 Å². The number of benzene rings is 2. The zero-order valence-electron chi connectivity index (χ0n) is 14.4. The predicted octanol–water partition coefficient (Wildman–Crippen LogP) is 4.90. The second kappa shape index (κ2) is 7.79. The number of hydrogen-bond donors (Lipinski definition) is 0. The van der Waals surface area contributed by atoms with Gasteiger partial charge in [-0.15, -0.1) is 0 Å². The minimum atomic E-state index is 0.256. The van der Waals surface area contributed by atoms with Crippen molar-refractivity contribution in [2.75, 3.05) is 6.61 Å². The summed E-state index contributed by atoms with van der Waals surface area (Å²) >= 11 is 0. The standard InChI is InChI=1S/C21H21NO3/c1-15(2)20-19(22-21(25-20)17-6-4-3-5-7-17)12-13-24-18-10-8-16(14-23)9-11-18/h3-11,14-15H,12-13H2,1-2H3. The minimum absolute atomic E-state index is 0.256. The van der Waals surface area contributed by atoms with E-state index in [2.05, 4.69) is 18.8 Å². The number of aldehydes is 1. The van der Waals surface area contributed by atoms with Crippen molar-refractivity contribution in [3.8, 4) is 17.2 Å². The summed E-state index contributed by atoms with van der Waals surface area (Å²) in [6.07, 6.45) is 1.48. The summed E-state index contributed by atoms with van der Waals surface area (Å²) in [6, 6.07) is 17.0. The van der Waals surface area contributed by atoms with Gasteiger partial charge in [0.25, 0.3) is 0 Å². The molecule has 0 aliphatic heterocycles. The first-order valence-electron chi connectivity index (χ1n) is 8.40. The smallest absolute Gasteiger partial charge is 0.226 e. The largest absolute Gasteiger partial charge is 0.493 e. The molecule has 0 aliphatic rings. The molecule has 3 aromatic rings. The van der Waals surface area contributed by atoms with Gasteiger partial charge in [0.2, 0.25) is 5.89 Å². The molecule has 0 aliphatic carbocycles. The van der Waals surface area contributed by atoms with Crippen molar-refractivity contribution >= 4 is 6.29 Å². The van der Waals surface area contributed by atoms with Crippen molar-refractivity contribution in [2.45, 2.75) is 26.2 Å². The van der Waals surface area contributed by atoms with Gasteiger partial charge in [-0.2, -0.15) is 0 Å². The summed E-state index contributed by atoms with van der Waals surface area (Å²) in [5, 5.41) is 0. The van der Waals surface area contributed by atoms with Crippen LogP contribution in [0.5, 0.6) is 5.75 Å². The van der Waals surface area contributed by atoms with Gasteiger partial charge in [-0.1, -0.05) is 32.0 Å². The summed E-state index contributed by atoms with van der Waals surface area (Å²) < 4.78 is 11.8. The van der Waals surface area contributed by atoms with Crippen LogP contribution in [0.3, 0.4) is 0 Å². The molecule has 0 atom stereocenters. The molecular weight excluding hydrogens is 314 g/mol. The highest BCUT2D eigenvalue weighted by atomic mass is 16.5. The highest BCUT2D eigenvalue weighted by Gasteiger charge is 2.17. The van der Waals surface area contributed by atoms with Crippen LogP contribution in [0, 0.1) is 0 Å². The van der Waals surface area contributed by atoms with Crippen molar-refractivity contribution in [1.82, 2.24) is 4.98 Å². The van der Waals surface area contributed by atoms with Gasteiger partial charge in [-0.25, -0.2) is 4.98 Å². The molecule has 4 heteroatoms. The normalized spacial score (nSPS) is 10.8. The van der Waals surface area contributed by atoms with Crippen molar-refractivity contribution in [3.05, 3.63) is 71.6 Å². The number of ether oxygens (including phenoxy) is 1. The molecule has 1 heterocycles. The molecule has 1 aromatic heterocycles. The minimum Gasteiger partial charge on any atom is -0.493 e. The van der Waals surface area contributed by atoms with Crippen molar-refractivity contribution in [3.63, 3.8) is 0 Å². The van der Waals surface area contributed by atoms with Gasteiger partial charge >= 0.3 is 0 Å². The Kier molecular flexibility index (Phi) is 5.29. The number of carbonyl (C=O) groups is 1. The molecule has 25 heavy (non-hydrogen) atoms. The monoisotopic (exact) mass is 335 g/mol. The number of nitrogens with zero attached hydrogens (tertiary/aromatic N) is 1. The fraction of sp³-hybridized carbons (Fsp3) is 0.238. The van der Waals surface area contributed by atoms with E-state index in [0.29, 0.717) is 24.5 Å². The predicted molar refractivity (Wildman–Crippen MR) is 97.1 cm³/mol. The van der Waals surface area contributed by atoms with Gasteiger partial charge in [0.1, 0.15) is 17.8 Å². The molecule has 0 saturated heterocycles. The average molecular weight is 335 g/mol. The van der Waals surface area contributed by atoms with Gasteiger partial charge < -0.3 is 9.15 Å². The van der Waals surface area contributed by atoms with Crippen LogP contribution in [-0.4, -0.2) is 17.9 Å². The Morgan fingerprint density at radius 3 is 2.44 bits per heavy atom. The summed E-state index contributed by atoms with van der Waals surface area (Å²) in [5.74, 6) is 2.55. The maximum Gasteiger partial charge on any atom is 0.226 e. The number of rotatable bonds is 7. The number of hydrogen-bond acceptors (Lipinski definition) is 4. The van der Waals surface area contributed by atoms with Crippen LogP contribution in [0.4, 0.5) is 0 Å². The first kappa shape index (κ1) is 17.0. The molecule has 0 saturated carbocycles. The lowest BCUT2D eigenvalue weighted by Gasteiger charge is -2.06. The quantitative estimate of drug-likeness (QED) is 0.576. The van der Waals surface area contributed by atoms with E-state index in [1.165, 1.54) is 0 Å². The average Bonchev–Trinajstić information content (AvgIpc) is 3.08. The second-order valence-electron chi connectivity index (χ2n) is 6.14. The number of carbonyl (C=O) groups excluding carboxylic acids is 1. The van der Waals surface area contributed by atoms with Crippen LogP contribution >= 0.6 is 0 Å². The van der Waals surface area contributed by atoms with E-state index < -0.39 is 0 Å². The Balaban J connectivity index is 1.70. The maximum atomic E-state index is 10.7. The van der Waals surface area contributed by atoms with Crippen LogP contribution in [0.15, 0.2) is 59.0 Å². The van der Waals surface area contributed by atoms with Crippen molar-refractivity contribution < 1.29 is 13.9 Å². The lowest BCUT2D eigenvalue weighted by Crippen LogP contribution is -2.04. The fourth-order valence-corrected chi connectivity index (χ4v) is 2.61. The van der Waals surface area contributed by atoms with Crippen molar-refractivity contribution in [1.29, 1.82) is 0 Å². The third-order valence-electron chi connectivity index (χ3n) is 3.90. The number of oxazole rings is 1. The highest BCUT2D eigenvalue weighted by molar-refractivity contribution is 5.74. The topological polar surface area (TPSA) is 52.3 Å². The molecule has 4 nitrogen and oxygen atoms in total. The summed E-state index contributed by atoms with van der Waals surface area (Å²) in [4.78, 5) is 15.3. The number of aromatic nitrogens is 1. The third-order valence-corrected chi connectivity index (χ3v) is 3.90. The summed E-state index contributed by atoms with van der Waals surface area (Å²) in [6.45, 7) is 4.69. The second-order valence-corrected chi connectivity index (χ2v) is 6.14. The Morgan fingerprint density at radius 2 is 1.80 bits per heavy atom. The van der Waals surface area contributed by atoms with Crippen LogP contribution in [0.2, 0.25) is 0 Å². The zero-order chi connectivity index (χ0) is 17.6. The third kappa shape index (κ3) is 4.15. The molecular formula is C21H21NO3. The molecule has 0 unspecified atom stereocenters. The SMILES string of the molecule is CC(C)c1oc(-c2ccccc2)nc1CCOc1ccc(C=O)cc1. The lowest BCUT2D eigenvalue weighted by atomic mass is 10.1. The van der Waals surface area contributed by atoms with Crippen LogP contribution in [0.25, 0.3) is 11.5 Å². The molecule has 0 radical (unpaired) electrons. The first-order valence-corrected chi connectivity index (χ1v) is 8.40. The Hall–Kier alpha value is -2.88. The molecule has 128 valence electrons. The van der Waals surface area contributed by atoms with E-state index >= 15 is 0 Å². The Labute approximate surface area is 147 Å². The van der Waals surface area contributed by atoms with E-state index in [1.54, 1.807) is 24.3 Å². The van der Waals surface area contributed by atoms with E-state index in [0.717, 1.165) is 29.1 Å². The molecule has 3 rings (SSSR count). The van der Waals surface area contributed by atoms with E-state index in [-0.39, 0.29) is 5.92 Å². The highest BCUT2D eigenvalue weighted by Crippen LogP contribution is 2.27. The van der Waals surface area contributed by atoms with Crippen LogP contribution in [-0.2, 0) is 6.42 Å². The van der Waals surface area contributed by atoms with Gasteiger partial charge in [0.05, 0.1) is 12.3 Å². The Morgan fingerprint density at radius 1 is 1.08 bits per heavy atom. The fourth-order valence-electron chi connectivity index (χ4n) is 2.61. The van der Waals surface area contributed by atoms with Crippen molar-refractivity contribution in [2.24, 2.45) is 0 Å². The van der Waals surface area contributed by atoms with E-state index in [1.807, 2.05) is 30.3 Å². The summed E-state index contributed by atoms with van der Waals surface area (Å²) in [7, 11) is 0. The molecule has 2 aromatic carbocycles. The molecule has 0 bridgehead atoms. The van der Waals surface area contributed by atoms with Gasteiger partial charge in [0.15, 0.2) is 0 Å². The van der Waals surface area contributed by atoms with E-state index in [4.69, 9.17) is 9.15 Å².